The van der Waals surface area contributed by atoms with Crippen LogP contribution in [-0.4, -0.2) is 24.1 Å². The Morgan fingerprint density at radius 3 is 2.60 bits per heavy atom. The predicted octanol–water partition coefficient (Wildman–Crippen LogP) is 2.27. The number of hydrogen-bond acceptors (Lipinski definition) is 3. The van der Waals surface area contributed by atoms with Crippen molar-refractivity contribution in [2.24, 2.45) is 0 Å². The molecular formula is C12H21N3. The maximum atomic E-state index is 4.20. The number of hydrogen-bond donors (Lipinski definition) is 2. The van der Waals surface area contributed by atoms with E-state index in [9.17, 15) is 0 Å². The van der Waals surface area contributed by atoms with Gasteiger partial charge in [0.15, 0.2) is 0 Å². The molecule has 0 unspecified atom stereocenters. The molecule has 0 radical (unpaired) electrons. The highest BCUT2D eigenvalue weighted by Gasteiger charge is 2.00. The molecule has 0 aliphatic rings. The first-order chi connectivity index (χ1) is 7.36. The Morgan fingerprint density at radius 2 is 2.00 bits per heavy atom. The highest BCUT2D eigenvalue weighted by molar-refractivity contribution is 5.32. The third-order valence-electron chi connectivity index (χ3n) is 2.51. The van der Waals surface area contributed by atoms with E-state index in [1.54, 1.807) is 6.20 Å². The SMILES string of the molecule is CCC(CC)NCCNc1ccccn1. The molecule has 0 saturated carbocycles. The summed E-state index contributed by atoms with van der Waals surface area (Å²) < 4.78 is 0. The topological polar surface area (TPSA) is 37.0 Å². The summed E-state index contributed by atoms with van der Waals surface area (Å²) in [5.74, 6) is 0.948. The van der Waals surface area contributed by atoms with E-state index < -0.39 is 0 Å². The molecule has 0 amide bonds. The summed E-state index contributed by atoms with van der Waals surface area (Å²) in [5.41, 5.74) is 0. The molecule has 0 saturated heterocycles. The predicted molar refractivity (Wildman–Crippen MR) is 65.1 cm³/mol. The largest absolute Gasteiger partial charge is 0.369 e. The summed E-state index contributed by atoms with van der Waals surface area (Å²) in [6.45, 7) is 6.34. The fourth-order valence-electron chi connectivity index (χ4n) is 1.51. The Bertz CT molecular complexity index is 244. The van der Waals surface area contributed by atoms with Crippen LogP contribution in [0.5, 0.6) is 0 Å². The molecule has 1 aromatic rings. The van der Waals surface area contributed by atoms with E-state index >= 15 is 0 Å². The summed E-state index contributed by atoms with van der Waals surface area (Å²) in [6, 6.07) is 6.55. The van der Waals surface area contributed by atoms with Crippen LogP contribution >= 0.6 is 0 Å². The van der Waals surface area contributed by atoms with Crippen LogP contribution in [0.1, 0.15) is 26.7 Å². The summed E-state index contributed by atoms with van der Waals surface area (Å²) in [6.07, 6.45) is 4.19. The average Bonchev–Trinajstić information content (AvgIpc) is 2.31. The molecule has 0 aliphatic carbocycles. The Morgan fingerprint density at radius 1 is 1.20 bits per heavy atom. The molecule has 84 valence electrons. The van der Waals surface area contributed by atoms with Crippen LogP contribution < -0.4 is 10.6 Å². The minimum absolute atomic E-state index is 0.649. The highest BCUT2D eigenvalue weighted by Crippen LogP contribution is 1.98. The number of anilines is 1. The van der Waals surface area contributed by atoms with Crippen LogP contribution in [-0.2, 0) is 0 Å². The van der Waals surface area contributed by atoms with Gasteiger partial charge in [-0.15, -0.1) is 0 Å². The van der Waals surface area contributed by atoms with Gasteiger partial charge in [-0.3, -0.25) is 0 Å². The van der Waals surface area contributed by atoms with Crippen molar-refractivity contribution in [2.75, 3.05) is 18.4 Å². The molecule has 0 bridgehead atoms. The Labute approximate surface area is 92.3 Å². The van der Waals surface area contributed by atoms with Crippen LogP contribution in [0.2, 0.25) is 0 Å². The van der Waals surface area contributed by atoms with Crippen molar-refractivity contribution in [3.8, 4) is 0 Å². The normalized spacial score (nSPS) is 10.6. The maximum absolute atomic E-state index is 4.20. The van der Waals surface area contributed by atoms with Gasteiger partial charge in [-0.2, -0.15) is 0 Å². The molecule has 0 atom stereocenters. The zero-order valence-electron chi connectivity index (χ0n) is 9.66. The van der Waals surface area contributed by atoms with E-state index in [1.807, 2.05) is 18.2 Å². The quantitative estimate of drug-likeness (QED) is 0.673. The smallest absolute Gasteiger partial charge is 0.125 e. The van der Waals surface area contributed by atoms with Gasteiger partial charge in [-0.25, -0.2) is 4.98 Å². The zero-order valence-corrected chi connectivity index (χ0v) is 9.66. The first-order valence-corrected chi connectivity index (χ1v) is 5.75. The second-order valence-corrected chi connectivity index (χ2v) is 3.61. The maximum Gasteiger partial charge on any atom is 0.125 e. The Hall–Kier alpha value is -1.09. The van der Waals surface area contributed by atoms with E-state index in [-0.39, 0.29) is 0 Å². The number of rotatable bonds is 7. The molecule has 15 heavy (non-hydrogen) atoms. The van der Waals surface area contributed by atoms with E-state index in [1.165, 1.54) is 12.8 Å². The average molecular weight is 207 g/mol. The van der Waals surface area contributed by atoms with E-state index in [0.29, 0.717) is 6.04 Å². The third-order valence-corrected chi connectivity index (χ3v) is 2.51. The van der Waals surface area contributed by atoms with Crippen LogP contribution in [0, 0.1) is 0 Å². The Kier molecular flexibility index (Phi) is 5.78. The van der Waals surface area contributed by atoms with Gasteiger partial charge in [-0.1, -0.05) is 19.9 Å². The summed E-state index contributed by atoms with van der Waals surface area (Å²) in [5, 5.41) is 6.77. The summed E-state index contributed by atoms with van der Waals surface area (Å²) in [7, 11) is 0. The zero-order chi connectivity index (χ0) is 10.9. The first-order valence-electron chi connectivity index (χ1n) is 5.75. The van der Waals surface area contributed by atoms with Gasteiger partial charge < -0.3 is 10.6 Å². The van der Waals surface area contributed by atoms with E-state index in [2.05, 4.69) is 29.5 Å². The monoisotopic (exact) mass is 207 g/mol. The van der Waals surface area contributed by atoms with Gasteiger partial charge in [-0.05, 0) is 25.0 Å². The van der Waals surface area contributed by atoms with Gasteiger partial charge in [0.2, 0.25) is 0 Å². The van der Waals surface area contributed by atoms with Crippen molar-refractivity contribution in [1.82, 2.24) is 10.3 Å². The van der Waals surface area contributed by atoms with Crippen LogP contribution in [0.3, 0.4) is 0 Å². The molecule has 2 N–H and O–H groups in total. The first kappa shape index (κ1) is 12.0. The van der Waals surface area contributed by atoms with Gasteiger partial charge >= 0.3 is 0 Å². The molecule has 0 aliphatic heterocycles. The molecule has 0 spiro atoms. The van der Waals surface area contributed by atoms with Gasteiger partial charge in [0.25, 0.3) is 0 Å². The fraction of sp³-hybridized carbons (Fsp3) is 0.583. The van der Waals surface area contributed by atoms with Crippen LogP contribution in [0.4, 0.5) is 5.82 Å². The van der Waals surface area contributed by atoms with Gasteiger partial charge in [0.05, 0.1) is 0 Å². The van der Waals surface area contributed by atoms with Gasteiger partial charge in [0, 0.05) is 25.3 Å². The van der Waals surface area contributed by atoms with Crippen molar-refractivity contribution < 1.29 is 0 Å². The lowest BCUT2D eigenvalue weighted by molar-refractivity contribution is 0.494. The summed E-state index contributed by atoms with van der Waals surface area (Å²) in [4.78, 5) is 4.20. The van der Waals surface area contributed by atoms with Crippen LogP contribution in [0.15, 0.2) is 24.4 Å². The van der Waals surface area contributed by atoms with Crippen molar-refractivity contribution in [1.29, 1.82) is 0 Å². The number of aromatic nitrogens is 1. The van der Waals surface area contributed by atoms with E-state index in [4.69, 9.17) is 0 Å². The lowest BCUT2D eigenvalue weighted by Crippen LogP contribution is -2.32. The van der Waals surface area contributed by atoms with Gasteiger partial charge in [0.1, 0.15) is 5.82 Å². The molecule has 1 rings (SSSR count). The summed E-state index contributed by atoms with van der Waals surface area (Å²) >= 11 is 0. The number of nitrogens with one attached hydrogen (secondary N) is 2. The van der Waals surface area contributed by atoms with Crippen molar-refractivity contribution in [2.45, 2.75) is 32.7 Å². The second kappa shape index (κ2) is 7.23. The third kappa shape index (κ3) is 4.79. The second-order valence-electron chi connectivity index (χ2n) is 3.61. The molecule has 0 aromatic carbocycles. The lowest BCUT2D eigenvalue weighted by Gasteiger charge is -2.14. The molecule has 0 fully saturated rings. The van der Waals surface area contributed by atoms with Crippen LogP contribution in [0.25, 0.3) is 0 Å². The highest BCUT2D eigenvalue weighted by atomic mass is 15.0. The number of pyridine rings is 1. The molecule has 1 heterocycles. The molecule has 3 nitrogen and oxygen atoms in total. The standard InChI is InChI=1S/C12H21N3/c1-3-11(4-2)13-9-10-15-12-7-5-6-8-14-12/h5-8,11,13H,3-4,9-10H2,1-2H3,(H,14,15). The Balaban J connectivity index is 2.12. The minimum Gasteiger partial charge on any atom is -0.369 e. The molecule has 3 heteroatoms. The number of nitrogens with zero attached hydrogens (tertiary/aromatic N) is 1. The minimum atomic E-state index is 0.649. The van der Waals surface area contributed by atoms with Crippen molar-refractivity contribution >= 4 is 5.82 Å². The molecule has 1 aromatic heterocycles. The van der Waals surface area contributed by atoms with Crippen molar-refractivity contribution in [3.63, 3.8) is 0 Å². The van der Waals surface area contributed by atoms with Crippen molar-refractivity contribution in [3.05, 3.63) is 24.4 Å². The van der Waals surface area contributed by atoms with E-state index in [0.717, 1.165) is 18.9 Å². The molecular weight excluding hydrogens is 186 g/mol. The lowest BCUT2D eigenvalue weighted by atomic mass is 10.2. The fourth-order valence-corrected chi connectivity index (χ4v) is 1.51.